The van der Waals surface area contributed by atoms with Gasteiger partial charge in [-0.15, -0.1) is 11.3 Å². The molecule has 1 aliphatic carbocycles. The number of hydrogen-bond acceptors (Lipinski definition) is 6. The van der Waals surface area contributed by atoms with Crippen molar-refractivity contribution in [3.8, 4) is 21.8 Å². The monoisotopic (exact) mass is 284 g/mol. The Morgan fingerprint density at radius 3 is 3.00 bits per heavy atom. The fourth-order valence-corrected chi connectivity index (χ4v) is 3.57. The largest absolute Gasteiger partial charge is 0.469 e. The molecule has 0 spiro atoms. The molecule has 0 radical (unpaired) electrons. The molecule has 100 valence electrons. The van der Waals surface area contributed by atoms with E-state index in [0.29, 0.717) is 11.6 Å². The molecule has 0 saturated heterocycles. The number of nitrogens with two attached hydrogens (primary N) is 1. The zero-order chi connectivity index (χ0) is 13.7. The highest BCUT2D eigenvalue weighted by Crippen LogP contribution is 2.40. The summed E-state index contributed by atoms with van der Waals surface area (Å²) in [6, 6.07) is 1.98. The quantitative estimate of drug-likeness (QED) is 0.743. The molecule has 5 nitrogen and oxygen atoms in total. The molecule has 4 rings (SSSR count). The number of nitrogens with zero attached hydrogens (tertiary/aromatic N) is 3. The first-order valence-electron chi connectivity index (χ1n) is 6.38. The first-order valence-corrected chi connectivity index (χ1v) is 7.20. The number of thiazole rings is 1. The number of hydrogen-bond donors (Lipinski definition) is 1. The number of fused-ring (bicyclic) bond motifs is 3. The van der Waals surface area contributed by atoms with Crippen LogP contribution in [0.25, 0.3) is 21.8 Å². The summed E-state index contributed by atoms with van der Waals surface area (Å²) in [4.78, 5) is 14.4. The van der Waals surface area contributed by atoms with Gasteiger partial charge in [-0.1, -0.05) is 0 Å². The van der Waals surface area contributed by atoms with Crippen molar-refractivity contribution in [1.82, 2.24) is 15.0 Å². The van der Waals surface area contributed by atoms with E-state index in [2.05, 4.69) is 9.97 Å². The zero-order valence-corrected chi connectivity index (χ0v) is 11.7. The Balaban J connectivity index is 1.87. The first kappa shape index (κ1) is 11.6. The van der Waals surface area contributed by atoms with Gasteiger partial charge in [0.15, 0.2) is 0 Å². The van der Waals surface area contributed by atoms with Gasteiger partial charge in [-0.05, 0) is 19.4 Å². The number of aryl methyl sites for hydroxylation is 3. The average Bonchev–Trinajstić information content (AvgIpc) is 3.03. The zero-order valence-electron chi connectivity index (χ0n) is 10.9. The second-order valence-corrected chi connectivity index (χ2v) is 5.85. The fraction of sp³-hybridized carbons (Fsp3) is 0.214. The summed E-state index contributed by atoms with van der Waals surface area (Å²) in [7, 11) is 0. The molecule has 0 saturated carbocycles. The first-order chi connectivity index (χ1) is 9.72. The van der Waals surface area contributed by atoms with Gasteiger partial charge in [-0.25, -0.2) is 15.0 Å². The van der Waals surface area contributed by atoms with Gasteiger partial charge in [0.2, 0.25) is 0 Å². The van der Waals surface area contributed by atoms with E-state index in [1.165, 1.54) is 4.88 Å². The van der Waals surface area contributed by atoms with Crippen molar-refractivity contribution in [3.05, 3.63) is 35.0 Å². The maximum Gasteiger partial charge on any atom is 0.137 e. The Bertz CT molecular complexity index is 805. The van der Waals surface area contributed by atoms with Crippen molar-refractivity contribution >= 4 is 17.2 Å². The van der Waals surface area contributed by atoms with Gasteiger partial charge in [-0.3, -0.25) is 0 Å². The molecule has 3 aromatic heterocycles. The highest BCUT2D eigenvalue weighted by Gasteiger charge is 2.24. The maximum absolute atomic E-state index is 5.98. The highest BCUT2D eigenvalue weighted by molar-refractivity contribution is 7.15. The second kappa shape index (κ2) is 4.14. The summed E-state index contributed by atoms with van der Waals surface area (Å²) >= 11 is 1.66. The van der Waals surface area contributed by atoms with Crippen LogP contribution in [0.15, 0.2) is 22.9 Å². The number of anilines is 1. The second-order valence-electron chi connectivity index (χ2n) is 4.76. The van der Waals surface area contributed by atoms with Gasteiger partial charge in [0.25, 0.3) is 0 Å². The van der Waals surface area contributed by atoms with Crippen molar-refractivity contribution in [2.24, 2.45) is 0 Å². The van der Waals surface area contributed by atoms with Gasteiger partial charge < -0.3 is 10.2 Å². The molecule has 0 fully saturated rings. The predicted octanol–water partition coefficient (Wildman–Crippen LogP) is 2.85. The normalized spacial score (nSPS) is 13.1. The van der Waals surface area contributed by atoms with Crippen LogP contribution in [-0.2, 0) is 12.8 Å². The lowest BCUT2D eigenvalue weighted by molar-refractivity contribution is 0.508. The van der Waals surface area contributed by atoms with Crippen LogP contribution in [0, 0.1) is 6.92 Å². The van der Waals surface area contributed by atoms with Gasteiger partial charge in [0, 0.05) is 23.1 Å². The molecule has 0 aromatic carbocycles. The van der Waals surface area contributed by atoms with E-state index in [1.54, 1.807) is 23.8 Å². The lowest BCUT2D eigenvalue weighted by atomic mass is 10.0. The SMILES string of the molecule is Cc1ncc(-c2nc3c(s2)CCc2occc2-3)c(N)n1. The third kappa shape index (κ3) is 1.65. The summed E-state index contributed by atoms with van der Waals surface area (Å²) in [6.07, 6.45) is 5.36. The molecule has 0 unspecified atom stereocenters. The lowest BCUT2D eigenvalue weighted by Gasteiger charge is -2.07. The van der Waals surface area contributed by atoms with Crippen molar-refractivity contribution in [1.29, 1.82) is 0 Å². The number of nitrogen functional groups attached to an aromatic ring is 1. The Morgan fingerprint density at radius 2 is 2.15 bits per heavy atom. The molecule has 0 aliphatic heterocycles. The Hall–Kier alpha value is -2.21. The van der Waals surface area contributed by atoms with E-state index < -0.39 is 0 Å². The van der Waals surface area contributed by atoms with E-state index in [4.69, 9.17) is 15.1 Å². The third-order valence-electron chi connectivity index (χ3n) is 3.45. The number of furan rings is 1. The van der Waals surface area contributed by atoms with Crippen molar-refractivity contribution < 1.29 is 4.42 Å². The van der Waals surface area contributed by atoms with Gasteiger partial charge in [0.1, 0.15) is 22.4 Å². The summed E-state index contributed by atoms with van der Waals surface area (Å²) in [5, 5.41) is 0.876. The number of aromatic nitrogens is 3. The smallest absolute Gasteiger partial charge is 0.137 e. The Morgan fingerprint density at radius 1 is 1.25 bits per heavy atom. The standard InChI is InChI=1S/C14H12N4OS/c1-7-16-6-9(13(15)17-7)14-18-12-8-4-5-19-10(8)2-3-11(12)20-14/h4-6H,2-3H2,1H3,(H2,15,16,17). The van der Waals surface area contributed by atoms with Crippen LogP contribution in [-0.4, -0.2) is 15.0 Å². The molecular formula is C14H12N4OS. The predicted molar refractivity (Wildman–Crippen MR) is 77.4 cm³/mol. The minimum Gasteiger partial charge on any atom is -0.469 e. The molecule has 20 heavy (non-hydrogen) atoms. The van der Waals surface area contributed by atoms with E-state index >= 15 is 0 Å². The van der Waals surface area contributed by atoms with Crippen LogP contribution in [0.4, 0.5) is 5.82 Å². The van der Waals surface area contributed by atoms with Crippen molar-refractivity contribution in [2.45, 2.75) is 19.8 Å². The Kier molecular flexibility index (Phi) is 2.40. The Labute approximate surface area is 119 Å². The van der Waals surface area contributed by atoms with E-state index in [1.807, 2.05) is 13.0 Å². The fourth-order valence-electron chi connectivity index (χ4n) is 2.47. The molecule has 1 aliphatic rings. The van der Waals surface area contributed by atoms with Crippen LogP contribution in [0.3, 0.4) is 0 Å². The molecule has 0 amide bonds. The van der Waals surface area contributed by atoms with Gasteiger partial charge >= 0.3 is 0 Å². The minimum absolute atomic E-state index is 0.482. The summed E-state index contributed by atoms with van der Waals surface area (Å²) in [5.41, 5.74) is 8.90. The summed E-state index contributed by atoms with van der Waals surface area (Å²) < 4.78 is 5.48. The van der Waals surface area contributed by atoms with E-state index in [-0.39, 0.29) is 0 Å². The lowest BCUT2D eigenvalue weighted by Crippen LogP contribution is -1.99. The average molecular weight is 284 g/mol. The topological polar surface area (TPSA) is 77.8 Å². The number of rotatable bonds is 1. The van der Waals surface area contributed by atoms with Crippen LogP contribution in [0.1, 0.15) is 16.5 Å². The van der Waals surface area contributed by atoms with Crippen LogP contribution in [0.5, 0.6) is 0 Å². The van der Waals surface area contributed by atoms with E-state index in [9.17, 15) is 0 Å². The molecule has 2 N–H and O–H groups in total. The molecule has 0 bridgehead atoms. The van der Waals surface area contributed by atoms with Gasteiger partial charge in [-0.2, -0.15) is 0 Å². The van der Waals surface area contributed by atoms with Crippen LogP contribution < -0.4 is 5.73 Å². The maximum atomic E-state index is 5.98. The summed E-state index contributed by atoms with van der Waals surface area (Å²) in [6.45, 7) is 1.82. The highest BCUT2D eigenvalue weighted by atomic mass is 32.1. The van der Waals surface area contributed by atoms with Gasteiger partial charge in [0.05, 0.1) is 17.5 Å². The van der Waals surface area contributed by atoms with Crippen molar-refractivity contribution in [2.75, 3.05) is 5.73 Å². The van der Waals surface area contributed by atoms with Crippen LogP contribution in [0.2, 0.25) is 0 Å². The molecule has 6 heteroatoms. The third-order valence-corrected chi connectivity index (χ3v) is 4.59. The van der Waals surface area contributed by atoms with Crippen molar-refractivity contribution in [3.63, 3.8) is 0 Å². The molecule has 3 heterocycles. The summed E-state index contributed by atoms with van der Waals surface area (Å²) in [5.74, 6) is 2.17. The molecule has 3 aromatic rings. The minimum atomic E-state index is 0.482. The van der Waals surface area contributed by atoms with Crippen LogP contribution >= 0.6 is 11.3 Å². The molecule has 0 atom stereocenters. The van der Waals surface area contributed by atoms with E-state index in [0.717, 1.165) is 40.4 Å². The molecular weight excluding hydrogens is 272 g/mol.